The molecule has 1 aromatic heterocycles. The van der Waals surface area contributed by atoms with Crippen molar-refractivity contribution in [1.29, 1.82) is 0 Å². The van der Waals surface area contributed by atoms with Crippen LogP contribution in [0.1, 0.15) is 30.9 Å². The van der Waals surface area contributed by atoms with Crippen LogP contribution < -0.4 is 11.3 Å². The number of nitrogens with zero attached hydrogens (tertiary/aromatic N) is 1. The number of rotatable bonds is 2. The molecule has 3 nitrogen and oxygen atoms in total. The third kappa shape index (κ3) is 2.15. The molecule has 0 aliphatic carbocycles. The minimum Gasteiger partial charge on any atom is -0.308 e. The van der Waals surface area contributed by atoms with Crippen LogP contribution in [-0.2, 0) is 0 Å². The molecule has 0 saturated carbocycles. The fourth-order valence-corrected chi connectivity index (χ4v) is 2.25. The van der Waals surface area contributed by atoms with E-state index in [-0.39, 0.29) is 0 Å². The number of nitrogens with one attached hydrogen (secondary N) is 1. The SMILES string of the molecule is Cc1c(Br)ccc2cc(C(C)C)c(NN)nc12. The first kappa shape index (κ1) is 12.3. The summed E-state index contributed by atoms with van der Waals surface area (Å²) in [6.45, 7) is 6.32. The molecular formula is C13H16BrN3. The smallest absolute Gasteiger partial charge is 0.144 e. The standard InChI is InChI=1S/C13H16BrN3/c1-7(2)10-6-9-4-5-11(14)8(3)12(9)16-13(10)17-15/h4-7H,15H2,1-3H3,(H,16,17). The molecule has 0 atom stereocenters. The highest BCUT2D eigenvalue weighted by Gasteiger charge is 2.11. The van der Waals surface area contributed by atoms with E-state index in [9.17, 15) is 0 Å². The third-order valence-corrected chi connectivity index (χ3v) is 3.82. The molecule has 0 radical (unpaired) electrons. The van der Waals surface area contributed by atoms with Crippen LogP contribution in [0.15, 0.2) is 22.7 Å². The van der Waals surface area contributed by atoms with Crippen LogP contribution in [0.4, 0.5) is 5.82 Å². The average Bonchev–Trinajstić information content (AvgIpc) is 2.32. The number of nitrogen functional groups attached to an aromatic ring is 1. The first-order valence-corrected chi connectivity index (χ1v) is 6.40. The van der Waals surface area contributed by atoms with Crippen LogP contribution in [0.25, 0.3) is 10.9 Å². The molecule has 0 spiro atoms. The third-order valence-electron chi connectivity index (χ3n) is 2.96. The second kappa shape index (κ2) is 4.63. The Hall–Kier alpha value is -1.13. The van der Waals surface area contributed by atoms with E-state index in [2.05, 4.69) is 65.3 Å². The number of hydrogen-bond acceptors (Lipinski definition) is 3. The molecule has 1 aromatic carbocycles. The van der Waals surface area contributed by atoms with E-state index in [1.54, 1.807) is 0 Å². The number of nitrogens with two attached hydrogens (primary N) is 1. The van der Waals surface area contributed by atoms with Crippen LogP contribution in [0.5, 0.6) is 0 Å². The van der Waals surface area contributed by atoms with E-state index in [1.807, 2.05) is 0 Å². The van der Waals surface area contributed by atoms with Crippen LogP contribution >= 0.6 is 15.9 Å². The van der Waals surface area contributed by atoms with Crippen molar-refractivity contribution in [3.63, 3.8) is 0 Å². The Morgan fingerprint density at radius 3 is 2.65 bits per heavy atom. The molecule has 2 rings (SSSR count). The first-order chi connectivity index (χ1) is 8.04. The largest absolute Gasteiger partial charge is 0.308 e. The van der Waals surface area contributed by atoms with Crippen molar-refractivity contribution in [2.45, 2.75) is 26.7 Å². The summed E-state index contributed by atoms with van der Waals surface area (Å²) in [6, 6.07) is 6.28. The Morgan fingerprint density at radius 2 is 2.06 bits per heavy atom. The summed E-state index contributed by atoms with van der Waals surface area (Å²) in [5.74, 6) is 6.69. The second-order valence-corrected chi connectivity index (χ2v) is 5.32. The van der Waals surface area contributed by atoms with Gasteiger partial charge in [0.2, 0.25) is 0 Å². The van der Waals surface area contributed by atoms with Crippen LogP contribution in [0.2, 0.25) is 0 Å². The van der Waals surface area contributed by atoms with Crippen molar-refractivity contribution in [2.75, 3.05) is 5.43 Å². The van der Waals surface area contributed by atoms with E-state index >= 15 is 0 Å². The van der Waals surface area contributed by atoms with Crippen LogP contribution in [0.3, 0.4) is 0 Å². The van der Waals surface area contributed by atoms with Gasteiger partial charge >= 0.3 is 0 Å². The summed E-state index contributed by atoms with van der Waals surface area (Å²) >= 11 is 3.52. The Labute approximate surface area is 110 Å². The summed E-state index contributed by atoms with van der Waals surface area (Å²) in [4.78, 5) is 4.61. The molecule has 0 amide bonds. The molecule has 3 N–H and O–H groups in total. The Bertz CT molecular complexity index is 564. The van der Waals surface area contributed by atoms with Crippen molar-refractivity contribution in [2.24, 2.45) is 5.84 Å². The van der Waals surface area contributed by atoms with Crippen molar-refractivity contribution >= 4 is 32.7 Å². The van der Waals surface area contributed by atoms with Gasteiger partial charge in [0.25, 0.3) is 0 Å². The van der Waals surface area contributed by atoms with E-state index in [0.717, 1.165) is 32.3 Å². The fourth-order valence-electron chi connectivity index (χ4n) is 1.93. The van der Waals surface area contributed by atoms with Crippen molar-refractivity contribution in [1.82, 2.24) is 4.98 Å². The zero-order valence-electron chi connectivity index (χ0n) is 10.2. The van der Waals surface area contributed by atoms with Gasteiger partial charge in [0.1, 0.15) is 5.82 Å². The van der Waals surface area contributed by atoms with Gasteiger partial charge in [-0.05, 0) is 36.1 Å². The number of halogens is 1. The van der Waals surface area contributed by atoms with E-state index in [0.29, 0.717) is 5.92 Å². The zero-order chi connectivity index (χ0) is 12.6. The van der Waals surface area contributed by atoms with Gasteiger partial charge < -0.3 is 5.43 Å². The monoisotopic (exact) mass is 293 g/mol. The van der Waals surface area contributed by atoms with Crippen LogP contribution in [-0.4, -0.2) is 4.98 Å². The number of hydrazine groups is 1. The summed E-state index contributed by atoms with van der Waals surface area (Å²) in [5, 5.41) is 1.15. The summed E-state index contributed by atoms with van der Waals surface area (Å²) in [6.07, 6.45) is 0. The summed E-state index contributed by atoms with van der Waals surface area (Å²) < 4.78 is 1.07. The molecule has 0 fully saturated rings. The number of aryl methyl sites for hydroxylation is 1. The first-order valence-electron chi connectivity index (χ1n) is 5.61. The molecule has 90 valence electrons. The molecule has 0 bridgehead atoms. The highest BCUT2D eigenvalue weighted by atomic mass is 79.9. The number of hydrogen-bond donors (Lipinski definition) is 2. The number of benzene rings is 1. The molecule has 17 heavy (non-hydrogen) atoms. The lowest BCUT2D eigenvalue weighted by molar-refractivity contribution is 0.862. The van der Waals surface area contributed by atoms with Gasteiger partial charge in [-0.1, -0.05) is 35.8 Å². The van der Waals surface area contributed by atoms with E-state index in [4.69, 9.17) is 5.84 Å². The Morgan fingerprint density at radius 1 is 1.35 bits per heavy atom. The second-order valence-electron chi connectivity index (χ2n) is 4.47. The molecule has 4 heteroatoms. The minimum absolute atomic E-state index is 0.391. The van der Waals surface area contributed by atoms with Gasteiger partial charge in [-0.2, -0.15) is 0 Å². The molecule has 0 unspecified atom stereocenters. The zero-order valence-corrected chi connectivity index (χ0v) is 11.8. The highest BCUT2D eigenvalue weighted by Crippen LogP contribution is 2.30. The van der Waals surface area contributed by atoms with Crippen molar-refractivity contribution in [3.05, 3.63) is 33.8 Å². The predicted octanol–water partition coefficient (Wildman–Crippen LogP) is 3.71. The lowest BCUT2D eigenvalue weighted by Crippen LogP contribution is -2.12. The molecule has 0 aliphatic heterocycles. The van der Waals surface area contributed by atoms with Crippen LogP contribution in [0, 0.1) is 6.92 Å². The van der Waals surface area contributed by atoms with Crippen molar-refractivity contribution in [3.8, 4) is 0 Å². The minimum atomic E-state index is 0.391. The highest BCUT2D eigenvalue weighted by molar-refractivity contribution is 9.10. The molecule has 0 saturated heterocycles. The normalized spacial score (nSPS) is 11.2. The number of pyridine rings is 1. The Kier molecular flexibility index (Phi) is 3.35. The molecular weight excluding hydrogens is 278 g/mol. The lowest BCUT2D eigenvalue weighted by Gasteiger charge is -2.14. The maximum Gasteiger partial charge on any atom is 0.144 e. The summed E-state index contributed by atoms with van der Waals surface area (Å²) in [7, 11) is 0. The molecule has 1 heterocycles. The predicted molar refractivity (Wildman–Crippen MR) is 76.1 cm³/mol. The van der Waals surface area contributed by atoms with Gasteiger partial charge in [-0.3, -0.25) is 0 Å². The number of anilines is 1. The summed E-state index contributed by atoms with van der Waals surface area (Å²) in [5.41, 5.74) is 5.95. The van der Waals surface area contributed by atoms with Gasteiger partial charge in [0.15, 0.2) is 0 Å². The molecule has 0 aliphatic rings. The fraction of sp³-hybridized carbons (Fsp3) is 0.308. The van der Waals surface area contributed by atoms with Gasteiger partial charge in [-0.25, -0.2) is 10.8 Å². The van der Waals surface area contributed by atoms with Gasteiger partial charge in [0, 0.05) is 9.86 Å². The Balaban J connectivity index is 2.78. The maximum atomic E-state index is 5.54. The van der Waals surface area contributed by atoms with E-state index in [1.165, 1.54) is 0 Å². The number of aromatic nitrogens is 1. The number of fused-ring (bicyclic) bond motifs is 1. The lowest BCUT2D eigenvalue weighted by atomic mass is 10.0. The van der Waals surface area contributed by atoms with Gasteiger partial charge in [-0.15, -0.1) is 0 Å². The van der Waals surface area contributed by atoms with Crippen molar-refractivity contribution < 1.29 is 0 Å². The quantitative estimate of drug-likeness (QED) is 0.655. The van der Waals surface area contributed by atoms with Gasteiger partial charge in [0.05, 0.1) is 5.52 Å². The topological polar surface area (TPSA) is 50.9 Å². The average molecular weight is 294 g/mol. The maximum absolute atomic E-state index is 5.54. The van der Waals surface area contributed by atoms with E-state index < -0.39 is 0 Å². The molecule has 2 aromatic rings.